The Bertz CT molecular complexity index is 917. The number of methoxy groups -OCH3 is 1. The van der Waals surface area contributed by atoms with Crippen molar-refractivity contribution in [2.75, 3.05) is 12.4 Å². The minimum atomic E-state index is 0.458. The molecule has 3 aromatic carbocycles. The van der Waals surface area contributed by atoms with Gasteiger partial charge < -0.3 is 14.8 Å². The minimum absolute atomic E-state index is 0.458. The first-order valence-corrected chi connectivity index (χ1v) is 10.3. The molecule has 0 unspecified atom stereocenters. The van der Waals surface area contributed by atoms with Crippen LogP contribution in [0, 0.1) is 0 Å². The molecule has 6 heteroatoms. The zero-order valence-electron chi connectivity index (χ0n) is 14.6. The van der Waals surface area contributed by atoms with Crippen molar-refractivity contribution in [3.63, 3.8) is 0 Å². The van der Waals surface area contributed by atoms with Crippen molar-refractivity contribution in [1.29, 1.82) is 0 Å². The van der Waals surface area contributed by atoms with E-state index in [1.165, 1.54) is 0 Å². The van der Waals surface area contributed by atoms with Crippen molar-refractivity contribution >= 4 is 49.1 Å². The Morgan fingerprint density at radius 2 is 1.70 bits per heavy atom. The molecule has 0 fully saturated rings. The van der Waals surface area contributed by atoms with Gasteiger partial charge >= 0.3 is 0 Å². The molecule has 0 spiro atoms. The largest absolute Gasteiger partial charge is 0.493 e. The van der Waals surface area contributed by atoms with Gasteiger partial charge in [-0.3, -0.25) is 0 Å². The molecular weight excluding hydrogens is 493 g/mol. The molecule has 3 rings (SSSR count). The highest BCUT2D eigenvalue weighted by atomic mass is 79.9. The Kier molecular flexibility index (Phi) is 7.05. The maximum atomic E-state index is 6.20. The molecule has 27 heavy (non-hydrogen) atoms. The maximum Gasteiger partial charge on any atom is 0.175 e. The van der Waals surface area contributed by atoms with Gasteiger partial charge in [0.25, 0.3) is 0 Å². The molecular formula is C21H18Br2ClNO2. The van der Waals surface area contributed by atoms with E-state index in [1.807, 2.05) is 60.7 Å². The van der Waals surface area contributed by atoms with Gasteiger partial charge in [-0.25, -0.2) is 0 Å². The average Bonchev–Trinajstić information content (AvgIpc) is 2.67. The standard InChI is InChI=1S/C21H18Br2ClNO2/c1-26-20-11-15(12-25-19-5-3-2-4-18(19)24)10-17(23)21(20)27-13-14-6-8-16(22)9-7-14/h2-11,25H,12-13H2,1H3. The second kappa shape index (κ2) is 9.49. The van der Waals surface area contributed by atoms with Crippen molar-refractivity contribution < 1.29 is 9.47 Å². The number of hydrogen-bond acceptors (Lipinski definition) is 3. The third-order valence-corrected chi connectivity index (χ3v) is 5.39. The van der Waals surface area contributed by atoms with Crippen LogP contribution in [0.5, 0.6) is 11.5 Å². The lowest BCUT2D eigenvalue weighted by Crippen LogP contribution is -2.03. The highest BCUT2D eigenvalue weighted by molar-refractivity contribution is 9.10. The summed E-state index contributed by atoms with van der Waals surface area (Å²) in [5, 5.41) is 4.03. The number of hydrogen-bond donors (Lipinski definition) is 1. The van der Waals surface area contributed by atoms with Gasteiger partial charge in [0.15, 0.2) is 11.5 Å². The van der Waals surface area contributed by atoms with E-state index in [1.54, 1.807) is 7.11 Å². The van der Waals surface area contributed by atoms with Gasteiger partial charge in [-0.1, -0.05) is 51.8 Å². The maximum absolute atomic E-state index is 6.20. The fraction of sp³-hybridized carbons (Fsp3) is 0.143. The van der Waals surface area contributed by atoms with Gasteiger partial charge in [-0.2, -0.15) is 0 Å². The fourth-order valence-electron chi connectivity index (χ4n) is 2.55. The normalized spacial score (nSPS) is 10.5. The van der Waals surface area contributed by atoms with E-state index in [0.29, 0.717) is 29.7 Å². The lowest BCUT2D eigenvalue weighted by Gasteiger charge is -2.15. The van der Waals surface area contributed by atoms with E-state index < -0.39 is 0 Å². The molecule has 0 radical (unpaired) electrons. The molecule has 0 heterocycles. The molecule has 0 aliphatic carbocycles. The first-order chi connectivity index (χ1) is 13.1. The van der Waals surface area contributed by atoms with Gasteiger partial charge in [0.05, 0.1) is 22.3 Å². The lowest BCUT2D eigenvalue weighted by molar-refractivity contribution is 0.282. The predicted octanol–water partition coefficient (Wildman–Crippen LogP) is 7.06. The van der Waals surface area contributed by atoms with Crippen LogP contribution in [0.4, 0.5) is 5.69 Å². The monoisotopic (exact) mass is 509 g/mol. The third-order valence-electron chi connectivity index (χ3n) is 3.94. The lowest BCUT2D eigenvalue weighted by atomic mass is 10.2. The van der Waals surface area contributed by atoms with Crippen LogP contribution in [0.1, 0.15) is 11.1 Å². The molecule has 0 aliphatic rings. The van der Waals surface area contributed by atoms with Crippen LogP contribution < -0.4 is 14.8 Å². The van der Waals surface area contributed by atoms with Gasteiger partial charge in [-0.15, -0.1) is 0 Å². The van der Waals surface area contributed by atoms with Gasteiger partial charge in [0, 0.05) is 11.0 Å². The Balaban J connectivity index is 1.72. The van der Waals surface area contributed by atoms with E-state index >= 15 is 0 Å². The minimum Gasteiger partial charge on any atom is -0.493 e. The van der Waals surface area contributed by atoms with E-state index in [-0.39, 0.29) is 0 Å². The number of halogens is 3. The topological polar surface area (TPSA) is 30.5 Å². The molecule has 0 saturated carbocycles. The fourth-order valence-corrected chi connectivity index (χ4v) is 3.62. The average molecular weight is 512 g/mol. The molecule has 0 amide bonds. The van der Waals surface area contributed by atoms with Crippen LogP contribution in [0.3, 0.4) is 0 Å². The SMILES string of the molecule is COc1cc(CNc2ccccc2Cl)cc(Br)c1OCc1ccc(Br)cc1. The predicted molar refractivity (Wildman–Crippen MR) is 118 cm³/mol. The summed E-state index contributed by atoms with van der Waals surface area (Å²) in [6.45, 7) is 1.07. The van der Waals surface area contributed by atoms with Gasteiger partial charge in [0.1, 0.15) is 6.61 Å². The number of rotatable bonds is 7. The number of anilines is 1. The molecule has 1 N–H and O–H groups in total. The summed E-state index contributed by atoms with van der Waals surface area (Å²) in [5.74, 6) is 1.36. The van der Waals surface area contributed by atoms with Crippen molar-refractivity contribution in [1.82, 2.24) is 0 Å². The number of benzene rings is 3. The Hall–Kier alpha value is -1.69. The molecule has 140 valence electrons. The number of nitrogens with one attached hydrogen (secondary N) is 1. The summed E-state index contributed by atoms with van der Waals surface area (Å²) < 4.78 is 13.4. The number of ether oxygens (including phenoxy) is 2. The third kappa shape index (κ3) is 5.41. The number of para-hydroxylation sites is 1. The summed E-state index contributed by atoms with van der Waals surface area (Å²) in [6.07, 6.45) is 0. The van der Waals surface area contributed by atoms with Crippen LogP contribution in [-0.4, -0.2) is 7.11 Å². The van der Waals surface area contributed by atoms with Gasteiger partial charge in [0.2, 0.25) is 0 Å². The smallest absolute Gasteiger partial charge is 0.175 e. The Morgan fingerprint density at radius 1 is 0.963 bits per heavy atom. The van der Waals surface area contributed by atoms with E-state index in [0.717, 1.165) is 25.8 Å². The molecule has 3 nitrogen and oxygen atoms in total. The summed E-state index contributed by atoms with van der Waals surface area (Å²) in [6, 6.07) is 19.7. The van der Waals surface area contributed by atoms with Gasteiger partial charge in [-0.05, 0) is 63.5 Å². The first-order valence-electron chi connectivity index (χ1n) is 8.29. The van der Waals surface area contributed by atoms with Crippen molar-refractivity contribution in [2.24, 2.45) is 0 Å². The van der Waals surface area contributed by atoms with E-state index in [9.17, 15) is 0 Å². The van der Waals surface area contributed by atoms with Crippen LogP contribution in [-0.2, 0) is 13.2 Å². The zero-order valence-corrected chi connectivity index (χ0v) is 18.6. The summed E-state index contributed by atoms with van der Waals surface area (Å²) in [7, 11) is 1.64. The van der Waals surface area contributed by atoms with E-state index in [2.05, 4.69) is 37.2 Å². The second-order valence-electron chi connectivity index (χ2n) is 5.86. The van der Waals surface area contributed by atoms with Crippen LogP contribution in [0.2, 0.25) is 5.02 Å². The summed E-state index contributed by atoms with van der Waals surface area (Å²) >= 11 is 13.2. The molecule has 0 atom stereocenters. The van der Waals surface area contributed by atoms with Crippen LogP contribution in [0.25, 0.3) is 0 Å². The summed E-state index contributed by atoms with van der Waals surface area (Å²) in [4.78, 5) is 0. The second-order valence-corrected chi connectivity index (χ2v) is 8.03. The molecule has 0 aromatic heterocycles. The van der Waals surface area contributed by atoms with E-state index in [4.69, 9.17) is 21.1 Å². The van der Waals surface area contributed by atoms with Crippen LogP contribution in [0.15, 0.2) is 69.6 Å². The highest BCUT2D eigenvalue weighted by Crippen LogP contribution is 2.37. The quantitative estimate of drug-likeness (QED) is 0.368. The van der Waals surface area contributed by atoms with Crippen molar-refractivity contribution in [3.05, 3.63) is 85.8 Å². The van der Waals surface area contributed by atoms with Crippen molar-refractivity contribution in [2.45, 2.75) is 13.2 Å². The zero-order chi connectivity index (χ0) is 19.2. The highest BCUT2D eigenvalue weighted by Gasteiger charge is 2.12. The molecule has 0 aliphatic heterocycles. The summed E-state index contributed by atoms with van der Waals surface area (Å²) in [5.41, 5.74) is 3.02. The van der Waals surface area contributed by atoms with Crippen molar-refractivity contribution in [3.8, 4) is 11.5 Å². The Labute approximate surface area is 180 Å². The van der Waals surface area contributed by atoms with Crippen LogP contribution >= 0.6 is 43.5 Å². The molecule has 0 bridgehead atoms. The first kappa shape index (κ1) is 20.1. The Morgan fingerprint density at radius 3 is 2.41 bits per heavy atom. The molecule has 0 saturated heterocycles. The molecule has 3 aromatic rings.